The van der Waals surface area contributed by atoms with Gasteiger partial charge in [-0.1, -0.05) is 34.5 Å². The van der Waals surface area contributed by atoms with Crippen LogP contribution in [0.2, 0.25) is 5.02 Å². The van der Waals surface area contributed by atoms with Crippen LogP contribution in [0.15, 0.2) is 0 Å². The topological polar surface area (TPSA) is 29.9 Å². The van der Waals surface area contributed by atoms with Crippen LogP contribution in [0.3, 0.4) is 0 Å². The standard InChI is InChI=1S/C11H19BrClN3/c1-4-9(12)5-6-14-7-10-11(13)8(2)15-16(10)3/h9,14H,4-7H2,1-3H3. The third kappa shape index (κ3) is 3.75. The normalized spacial score (nSPS) is 13.1. The van der Waals surface area contributed by atoms with E-state index in [0.29, 0.717) is 4.83 Å². The molecule has 1 rings (SSSR count). The lowest BCUT2D eigenvalue weighted by atomic mass is 10.2. The maximum absolute atomic E-state index is 6.15. The van der Waals surface area contributed by atoms with Gasteiger partial charge in [-0.3, -0.25) is 4.68 Å². The number of halogens is 2. The minimum Gasteiger partial charge on any atom is -0.311 e. The highest BCUT2D eigenvalue weighted by Gasteiger charge is 2.10. The summed E-state index contributed by atoms with van der Waals surface area (Å²) < 4.78 is 1.84. The predicted octanol–water partition coefficient (Wildman–Crippen LogP) is 3.04. The van der Waals surface area contributed by atoms with Crippen molar-refractivity contribution in [2.24, 2.45) is 7.05 Å². The van der Waals surface area contributed by atoms with Gasteiger partial charge in [-0.2, -0.15) is 5.10 Å². The van der Waals surface area contributed by atoms with Gasteiger partial charge in [0.15, 0.2) is 0 Å². The highest BCUT2D eigenvalue weighted by molar-refractivity contribution is 9.09. The van der Waals surface area contributed by atoms with Gasteiger partial charge in [0.2, 0.25) is 0 Å². The van der Waals surface area contributed by atoms with Crippen molar-refractivity contribution in [2.45, 2.75) is 38.1 Å². The molecule has 1 aromatic rings. The lowest BCUT2D eigenvalue weighted by molar-refractivity contribution is 0.596. The lowest BCUT2D eigenvalue weighted by Crippen LogP contribution is -2.19. The number of hydrogen-bond acceptors (Lipinski definition) is 2. The molecule has 1 unspecified atom stereocenters. The van der Waals surface area contributed by atoms with E-state index in [1.807, 2.05) is 18.7 Å². The van der Waals surface area contributed by atoms with Gasteiger partial charge in [0, 0.05) is 18.4 Å². The molecule has 0 aliphatic carbocycles. The number of hydrogen-bond donors (Lipinski definition) is 1. The zero-order chi connectivity index (χ0) is 12.1. The lowest BCUT2D eigenvalue weighted by Gasteiger charge is -2.08. The Kier molecular flexibility index (Phi) is 5.79. The highest BCUT2D eigenvalue weighted by Crippen LogP contribution is 2.19. The minimum absolute atomic E-state index is 0.601. The van der Waals surface area contributed by atoms with Crippen LogP contribution >= 0.6 is 27.5 Å². The van der Waals surface area contributed by atoms with Crippen molar-refractivity contribution in [1.82, 2.24) is 15.1 Å². The van der Waals surface area contributed by atoms with E-state index in [0.717, 1.165) is 42.3 Å². The molecule has 0 saturated carbocycles. The molecule has 1 N–H and O–H groups in total. The molecule has 1 atom stereocenters. The number of aryl methyl sites for hydroxylation is 2. The second-order valence-corrected chi connectivity index (χ2v) is 5.61. The number of rotatable bonds is 6. The average molecular weight is 309 g/mol. The average Bonchev–Trinajstić information content (AvgIpc) is 2.49. The van der Waals surface area contributed by atoms with Gasteiger partial charge in [0.05, 0.1) is 16.4 Å². The van der Waals surface area contributed by atoms with E-state index in [1.54, 1.807) is 0 Å². The second kappa shape index (κ2) is 6.62. The molecule has 0 aromatic carbocycles. The molecule has 0 radical (unpaired) electrons. The van der Waals surface area contributed by atoms with E-state index >= 15 is 0 Å². The van der Waals surface area contributed by atoms with E-state index < -0.39 is 0 Å². The summed E-state index contributed by atoms with van der Waals surface area (Å²) in [4.78, 5) is 0.601. The van der Waals surface area contributed by atoms with Crippen molar-refractivity contribution in [1.29, 1.82) is 0 Å². The van der Waals surface area contributed by atoms with Crippen LogP contribution in [-0.2, 0) is 13.6 Å². The van der Waals surface area contributed by atoms with Crippen molar-refractivity contribution >= 4 is 27.5 Å². The number of nitrogens with zero attached hydrogens (tertiary/aromatic N) is 2. The molecule has 5 heteroatoms. The van der Waals surface area contributed by atoms with Crippen LogP contribution in [-0.4, -0.2) is 21.2 Å². The largest absolute Gasteiger partial charge is 0.311 e. The summed E-state index contributed by atoms with van der Waals surface area (Å²) in [7, 11) is 1.93. The first-order chi connectivity index (χ1) is 7.56. The molecule has 1 heterocycles. The zero-order valence-corrected chi connectivity index (χ0v) is 12.4. The fourth-order valence-electron chi connectivity index (χ4n) is 1.54. The molecule has 0 bridgehead atoms. The third-order valence-corrected chi connectivity index (χ3v) is 4.23. The molecule has 3 nitrogen and oxygen atoms in total. The molecular weight excluding hydrogens is 289 g/mol. The Bertz CT molecular complexity index is 338. The van der Waals surface area contributed by atoms with E-state index in [-0.39, 0.29) is 0 Å². The molecule has 0 aliphatic rings. The summed E-state index contributed by atoms with van der Waals surface area (Å²) in [6, 6.07) is 0. The highest BCUT2D eigenvalue weighted by atomic mass is 79.9. The SMILES string of the molecule is CCC(Br)CCNCc1c(Cl)c(C)nn1C. The third-order valence-electron chi connectivity index (χ3n) is 2.63. The fourth-order valence-corrected chi connectivity index (χ4v) is 2.00. The van der Waals surface area contributed by atoms with Crippen LogP contribution in [0.4, 0.5) is 0 Å². The summed E-state index contributed by atoms with van der Waals surface area (Å²) in [6.45, 7) is 5.88. The van der Waals surface area contributed by atoms with Gasteiger partial charge in [-0.05, 0) is 26.3 Å². The van der Waals surface area contributed by atoms with Gasteiger partial charge in [-0.25, -0.2) is 0 Å². The molecule has 0 aliphatic heterocycles. The molecule has 0 fully saturated rings. The van der Waals surface area contributed by atoms with E-state index in [2.05, 4.69) is 33.3 Å². The first-order valence-corrected chi connectivity index (χ1v) is 6.88. The number of alkyl halides is 1. The number of aromatic nitrogens is 2. The van der Waals surface area contributed by atoms with Gasteiger partial charge in [0.1, 0.15) is 0 Å². The van der Waals surface area contributed by atoms with Crippen LogP contribution in [0.25, 0.3) is 0 Å². The van der Waals surface area contributed by atoms with Crippen LogP contribution in [0.1, 0.15) is 31.2 Å². The van der Waals surface area contributed by atoms with Crippen molar-refractivity contribution in [2.75, 3.05) is 6.54 Å². The Labute approximate surface area is 111 Å². The van der Waals surface area contributed by atoms with E-state index in [4.69, 9.17) is 11.6 Å². The van der Waals surface area contributed by atoms with Crippen molar-refractivity contribution in [3.63, 3.8) is 0 Å². The molecule has 0 saturated heterocycles. The molecule has 0 amide bonds. The maximum atomic E-state index is 6.15. The van der Waals surface area contributed by atoms with E-state index in [9.17, 15) is 0 Å². The zero-order valence-electron chi connectivity index (χ0n) is 10.1. The molecular formula is C11H19BrClN3. The quantitative estimate of drug-likeness (QED) is 0.646. The summed E-state index contributed by atoms with van der Waals surface area (Å²) in [5, 5.41) is 8.44. The van der Waals surface area contributed by atoms with Gasteiger partial charge in [-0.15, -0.1) is 0 Å². The van der Waals surface area contributed by atoms with Crippen molar-refractivity contribution in [3.05, 3.63) is 16.4 Å². The first-order valence-electron chi connectivity index (χ1n) is 5.59. The van der Waals surface area contributed by atoms with Gasteiger partial charge >= 0.3 is 0 Å². The van der Waals surface area contributed by atoms with Crippen LogP contribution < -0.4 is 5.32 Å². The smallest absolute Gasteiger partial charge is 0.0860 e. The summed E-state index contributed by atoms with van der Waals surface area (Å²) in [5.74, 6) is 0. The van der Waals surface area contributed by atoms with E-state index in [1.165, 1.54) is 0 Å². The summed E-state index contributed by atoms with van der Waals surface area (Å²) in [6.07, 6.45) is 2.29. The second-order valence-electron chi connectivity index (χ2n) is 3.94. The fraction of sp³-hybridized carbons (Fsp3) is 0.727. The maximum Gasteiger partial charge on any atom is 0.0860 e. The van der Waals surface area contributed by atoms with Crippen LogP contribution in [0, 0.1) is 6.92 Å². The monoisotopic (exact) mass is 307 g/mol. The van der Waals surface area contributed by atoms with Crippen LogP contribution in [0.5, 0.6) is 0 Å². The Hall–Kier alpha value is -0.0600. The summed E-state index contributed by atoms with van der Waals surface area (Å²) >= 11 is 9.76. The Morgan fingerprint density at radius 3 is 2.75 bits per heavy atom. The van der Waals surface area contributed by atoms with Crippen molar-refractivity contribution in [3.8, 4) is 0 Å². The Balaban J connectivity index is 2.37. The van der Waals surface area contributed by atoms with Gasteiger partial charge in [0.25, 0.3) is 0 Å². The molecule has 92 valence electrons. The Morgan fingerprint density at radius 1 is 1.56 bits per heavy atom. The first kappa shape index (κ1) is 14.0. The predicted molar refractivity (Wildman–Crippen MR) is 72.3 cm³/mol. The Morgan fingerprint density at radius 2 is 2.25 bits per heavy atom. The number of nitrogens with one attached hydrogen (secondary N) is 1. The van der Waals surface area contributed by atoms with Crippen molar-refractivity contribution < 1.29 is 0 Å². The summed E-state index contributed by atoms with van der Waals surface area (Å²) in [5.41, 5.74) is 1.95. The minimum atomic E-state index is 0.601. The molecule has 1 aromatic heterocycles. The van der Waals surface area contributed by atoms with Gasteiger partial charge < -0.3 is 5.32 Å². The molecule has 0 spiro atoms. The molecule has 16 heavy (non-hydrogen) atoms.